The average molecular weight is 378 g/mol. The molecule has 2 aromatic rings. The molecule has 5 rings (SSSR count). The molecule has 0 aromatic heterocycles. The van der Waals surface area contributed by atoms with Crippen LogP contribution in [-0.4, -0.2) is 56.2 Å². The van der Waals surface area contributed by atoms with Crippen molar-refractivity contribution in [3.63, 3.8) is 0 Å². The van der Waals surface area contributed by atoms with Crippen molar-refractivity contribution in [2.45, 2.75) is 12.0 Å². The molecule has 3 aliphatic heterocycles. The Hall–Kier alpha value is -2.86. The fraction of sp³-hybridized carbons (Fsp3) is 0.364. The van der Waals surface area contributed by atoms with Crippen LogP contribution < -0.4 is 4.90 Å². The lowest BCUT2D eigenvalue weighted by Gasteiger charge is -2.29. The van der Waals surface area contributed by atoms with Crippen LogP contribution in [0.15, 0.2) is 48.5 Å². The molecule has 0 N–H and O–H groups in total. The van der Waals surface area contributed by atoms with Crippen molar-refractivity contribution in [3.8, 4) is 0 Å². The highest BCUT2D eigenvalue weighted by atomic mass is 16.6. The van der Waals surface area contributed by atoms with Gasteiger partial charge in [0.2, 0.25) is 0 Å². The van der Waals surface area contributed by atoms with E-state index in [2.05, 4.69) is 4.90 Å². The van der Waals surface area contributed by atoms with E-state index in [-0.39, 0.29) is 11.9 Å². The van der Waals surface area contributed by atoms with Crippen molar-refractivity contribution >= 4 is 17.6 Å². The molecule has 2 aromatic carbocycles. The number of benzene rings is 2. The van der Waals surface area contributed by atoms with Crippen LogP contribution in [0.2, 0.25) is 0 Å². The summed E-state index contributed by atoms with van der Waals surface area (Å²) < 4.78 is 11.1. The highest BCUT2D eigenvalue weighted by Crippen LogP contribution is 2.43. The minimum absolute atomic E-state index is 0.0224. The first-order chi connectivity index (χ1) is 13.7. The van der Waals surface area contributed by atoms with Crippen LogP contribution in [0.4, 0.5) is 5.69 Å². The monoisotopic (exact) mass is 378 g/mol. The Morgan fingerprint density at radius 3 is 2.50 bits per heavy atom. The van der Waals surface area contributed by atoms with Gasteiger partial charge in [-0.15, -0.1) is 0 Å². The van der Waals surface area contributed by atoms with Gasteiger partial charge >= 0.3 is 5.97 Å². The van der Waals surface area contributed by atoms with Gasteiger partial charge in [0, 0.05) is 42.9 Å². The number of ether oxygens (including phenoxy) is 2. The van der Waals surface area contributed by atoms with Gasteiger partial charge in [0.05, 0.1) is 25.3 Å². The Labute approximate surface area is 163 Å². The fourth-order valence-electron chi connectivity index (χ4n) is 4.42. The van der Waals surface area contributed by atoms with Crippen molar-refractivity contribution in [2.24, 2.45) is 0 Å². The summed E-state index contributed by atoms with van der Waals surface area (Å²) in [5, 5.41) is 0. The Bertz CT molecular complexity index is 920. The van der Waals surface area contributed by atoms with Crippen molar-refractivity contribution in [1.29, 1.82) is 0 Å². The van der Waals surface area contributed by atoms with Crippen LogP contribution in [0.3, 0.4) is 0 Å². The molecule has 6 nitrogen and oxygen atoms in total. The number of amides is 1. The van der Waals surface area contributed by atoms with Gasteiger partial charge < -0.3 is 19.3 Å². The summed E-state index contributed by atoms with van der Waals surface area (Å²) in [5.74, 6) is -0.314. The highest BCUT2D eigenvalue weighted by molar-refractivity contribution is 5.97. The lowest BCUT2D eigenvalue weighted by Crippen LogP contribution is -2.36. The summed E-state index contributed by atoms with van der Waals surface area (Å²) in [7, 11) is 0. The lowest BCUT2D eigenvalue weighted by atomic mass is 9.91. The molecule has 3 aliphatic rings. The summed E-state index contributed by atoms with van der Waals surface area (Å²) in [4.78, 5) is 29.3. The van der Waals surface area contributed by atoms with E-state index in [4.69, 9.17) is 9.47 Å². The number of carbonyl (C=O) groups excluding carboxylic acids is 2. The van der Waals surface area contributed by atoms with Gasteiger partial charge in [-0.1, -0.05) is 18.2 Å². The second kappa shape index (κ2) is 6.63. The predicted molar refractivity (Wildman–Crippen MR) is 104 cm³/mol. The third-order valence-corrected chi connectivity index (χ3v) is 5.94. The van der Waals surface area contributed by atoms with E-state index >= 15 is 0 Å². The number of esters is 1. The molecule has 3 heterocycles. The van der Waals surface area contributed by atoms with Gasteiger partial charge in [-0.2, -0.15) is 0 Å². The largest absolute Gasteiger partial charge is 0.449 e. The zero-order valence-corrected chi connectivity index (χ0v) is 15.6. The molecule has 0 unspecified atom stereocenters. The van der Waals surface area contributed by atoms with Crippen molar-refractivity contribution < 1.29 is 19.1 Å². The number of fused-ring (bicyclic) bond motifs is 2. The molecule has 0 saturated carbocycles. The molecule has 2 saturated heterocycles. The zero-order valence-electron chi connectivity index (χ0n) is 15.6. The van der Waals surface area contributed by atoms with Crippen LogP contribution in [0.1, 0.15) is 32.7 Å². The van der Waals surface area contributed by atoms with Gasteiger partial charge in [0.1, 0.15) is 0 Å². The maximum atomic E-state index is 13.0. The minimum Gasteiger partial charge on any atom is -0.449 e. The number of anilines is 1. The number of hydrogen-bond acceptors (Lipinski definition) is 5. The fourth-order valence-corrected chi connectivity index (χ4v) is 4.42. The third kappa shape index (κ3) is 2.76. The molecule has 1 amide bonds. The van der Waals surface area contributed by atoms with E-state index in [1.54, 1.807) is 11.0 Å². The maximum absolute atomic E-state index is 13.0. The van der Waals surface area contributed by atoms with Gasteiger partial charge in [0.15, 0.2) is 5.60 Å². The summed E-state index contributed by atoms with van der Waals surface area (Å²) in [6, 6.07) is 15.2. The SMILES string of the molecule is O=C1O[C@]2(CCN(C(=O)c3ccc(N4CCOCC4)cc3)C2)c2ccccc21. The standard InChI is InChI=1S/C22H22N2O4/c25-20(16-5-7-17(8-6-16)23-11-13-27-14-12-23)24-10-9-22(15-24)19-4-2-1-3-18(19)21(26)28-22/h1-8H,9-15H2/t22-/m0/s1. The summed E-state index contributed by atoms with van der Waals surface area (Å²) in [6.45, 7) is 4.18. The average Bonchev–Trinajstić information content (AvgIpc) is 3.30. The molecule has 0 bridgehead atoms. The summed E-state index contributed by atoms with van der Waals surface area (Å²) in [5.41, 5.74) is 2.59. The Morgan fingerprint density at radius 1 is 0.964 bits per heavy atom. The minimum atomic E-state index is -0.697. The molecule has 6 heteroatoms. The van der Waals surface area contributed by atoms with E-state index in [9.17, 15) is 9.59 Å². The van der Waals surface area contributed by atoms with Crippen LogP contribution in [0, 0.1) is 0 Å². The first-order valence-corrected chi connectivity index (χ1v) is 9.71. The van der Waals surface area contributed by atoms with Gasteiger partial charge in [-0.25, -0.2) is 4.79 Å². The third-order valence-electron chi connectivity index (χ3n) is 5.94. The Morgan fingerprint density at radius 2 is 1.71 bits per heavy atom. The van der Waals surface area contributed by atoms with Crippen LogP contribution in [0.5, 0.6) is 0 Å². The lowest BCUT2D eigenvalue weighted by molar-refractivity contribution is -0.00306. The molecule has 0 aliphatic carbocycles. The van der Waals surface area contributed by atoms with E-state index in [1.165, 1.54) is 0 Å². The number of carbonyl (C=O) groups is 2. The summed E-state index contributed by atoms with van der Waals surface area (Å²) >= 11 is 0. The van der Waals surface area contributed by atoms with E-state index in [0.717, 1.165) is 37.6 Å². The van der Waals surface area contributed by atoms with Crippen LogP contribution in [-0.2, 0) is 15.1 Å². The second-order valence-electron chi connectivity index (χ2n) is 7.55. The van der Waals surface area contributed by atoms with Crippen molar-refractivity contribution in [1.82, 2.24) is 4.90 Å². The molecule has 2 fully saturated rings. The van der Waals surface area contributed by atoms with Crippen LogP contribution in [0.25, 0.3) is 0 Å². The number of likely N-dealkylation sites (tertiary alicyclic amines) is 1. The molecule has 0 radical (unpaired) electrons. The normalized spacial score (nSPS) is 23.8. The second-order valence-corrected chi connectivity index (χ2v) is 7.55. The molecule has 1 atom stereocenters. The Kier molecular flexibility index (Phi) is 4.09. The molecular formula is C22H22N2O4. The number of nitrogens with zero attached hydrogens (tertiary/aromatic N) is 2. The topological polar surface area (TPSA) is 59.1 Å². The number of morpholine rings is 1. The van der Waals surface area contributed by atoms with Crippen LogP contribution >= 0.6 is 0 Å². The van der Waals surface area contributed by atoms with Crippen molar-refractivity contribution in [2.75, 3.05) is 44.3 Å². The van der Waals surface area contributed by atoms with E-state index < -0.39 is 5.60 Å². The van der Waals surface area contributed by atoms with E-state index in [1.807, 2.05) is 42.5 Å². The zero-order chi connectivity index (χ0) is 19.1. The molecule has 1 spiro atoms. The predicted octanol–water partition coefficient (Wildman–Crippen LogP) is 2.44. The first-order valence-electron chi connectivity index (χ1n) is 9.71. The van der Waals surface area contributed by atoms with Gasteiger partial charge in [0.25, 0.3) is 5.91 Å². The first kappa shape index (κ1) is 17.3. The smallest absolute Gasteiger partial charge is 0.339 e. The maximum Gasteiger partial charge on any atom is 0.339 e. The Balaban J connectivity index is 1.33. The van der Waals surface area contributed by atoms with Gasteiger partial charge in [-0.3, -0.25) is 4.79 Å². The number of rotatable bonds is 2. The highest BCUT2D eigenvalue weighted by Gasteiger charge is 2.50. The molecule has 28 heavy (non-hydrogen) atoms. The quantitative estimate of drug-likeness (QED) is 0.752. The summed E-state index contributed by atoms with van der Waals surface area (Å²) in [6.07, 6.45) is 0.632. The molecule has 144 valence electrons. The van der Waals surface area contributed by atoms with Crippen molar-refractivity contribution in [3.05, 3.63) is 65.2 Å². The number of hydrogen-bond donors (Lipinski definition) is 0. The van der Waals surface area contributed by atoms with E-state index in [0.29, 0.717) is 30.6 Å². The molecular weight excluding hydrogens is 356 g/mol. The van der Waals surface area contributed by atoms with Gasteiger partial charge in [-0.05, 0) is 30.3 Å².